The minimum absolute atomic E-state index is 0.0322. The van der Waals surface area contributed by atoms with Gasteiger partial charge in [-0.1, -0.05) is 31.2 Å². The SMILES string of the molecule is CCC(c1ccc2c(Br)c(OC)ccc2c1)C(C)(C)C(=O)O. The van der Waals surface area contributed by atoms with Gasteiger partial charge in [0, 0.05) is 0 Å². The van der Waals surface area contributed by atoms with Crippen molar-refractivity contribution in [1.82, 2.24) is 0 Å². The summed E-state index contributed by atoms with van der Waals surface area (Å²) in [6.45, 7) is 5.61. The number of ether oxygens (including phenoxy) is 1. The molecule has 0 bridgehead atoms. The first-order valence-electron chi connectivity index (χ1n) is 7.32. The molecule has 0 aromatic heterocycles. The fourth-order valence-corrected chi connectivity index (χ4v) is 3.63. The highest BCUT2D eigenvalue weighted by Gasteiger charge is 2.36. The van der Waals surface area contributed by atoms with Crippen LogP contribution in [0.3, 0.4) is 0 Å². The lowest BCUT2D eigenvalue weighted by Crippen LogP contribution is -2.31. The van der Waals surface area contributed by atoms with Gasteiger partial charge in [-0.05, 0) is 64.5 Å². The fourth-order valence-electron chi connectivity index (χ4n) is 2.98. The average Bonchev–Trinajstić information content (AvgIpc) is 2.48. The predicted octanol–water partition coefficient (Wildman–Crippen LogP) is 5.22. The number of hydrogen-bond acceptors (Lipinski definition) is 2. The second-order valence-electron chi connectivity index (χ2n) is 6.05. The van der Waals surface area contributed by atoms with Gasteiger partial charge in [0.2, 0.25) is 0 Å². The largest absolute Gasteiger partial charge is 0.496 e. The molecule has 0 aliphatic rings. The predicted molar refractivity (Wildman–Crippen MR) is 92.6 cm³/mol. The van der Waals surface area contributed by atoms with E-state index < -0.39 is 11.4 Å². The molecule has 0 aliphatic carbocycles. The highest BCUT2D eigenvalue weighted by atomic mass is 79.9. The van der Waals surface area contributed by atoms with E-state index in [0.29, 0.717) is 0 Å². The van der Waals surface area contributed by atoms with Crippen molar-refractivity contribution in [2.75, 3.05) is 7.11 Å². The molecule has 0 amide bonds. The molecule has 22 heavy (non-hydrogen) atoms. The summed E-state index contributed by atoms with van der Waals surface area (Å²) < 4.78 is 6.23. The topological polar surface area (TPSA) is 46.5 Å². The van der Waals surface area contributed by atoms with Gasteiger partial charge >= 0.3 is 5.97 Å². The number of carboxylic acids is 1. The molecule has 3 nitrogen and oxygen atoms in total. The number of hydrogen-bond donors (Lipinski definition) is 1. The van der Waals surface area contributed by atoms with Crippen molar-refractivity contribution >= 4 is 32.7 Å². The van der Waals surface area contributed by atoms with Gasteiger partial charge in [0.1, 0.15) is 5.75 Å². The minimum Gasteiger partial charge on any atom is -0.496 e. The number of carbonyl (C=O) groups is 1. The summed E-state index contributed by atoms with van der Waals surface area (Å²) in [5.74, 6) is -0.0104. The zero-order chi connectivity index (χ0) is 16.5. The monoisotopic (exact) mass is 364 g/mol. The maximum atomic E-state index is 11.6. The third kappa shape index (κ3) is 2.84. The van der Waals surface area contributed by atoms with Gasteiger partial charge in [-0.2, -0.15) is 0 Å². The number of carboxylic acid groups (broad SMARTS) is 1. The van der Waals surface area contributed by atoms with Crippen molar-refractivity contribution in [3.63, 3.8) is 0 Å². The maximum absolute atomic E-state index is 11.6. The van der Waals surface area contributed by atoms with Gasteiger partial charge in [0.15, 0.2) is 0 Å². The van der Waals surface area contributed by atoms with E-state index in [1.165, 1.54) is 0 Å². The molecule has 0 radical (unpaired) electrons. The fraction of sp³-hybridized carbons (Fsp3) is 0.389. The number of halogens is 1. The quantitative estimate of drug-likeness (QED) is 0.791. The normalized spacial score (nSPS) is 13.1. The van der Waals surface area contributed by atoms with Gasteiger partial charge < -0.3 is 9.84 Å². The molecule has 118 valence electrons. The number of rotatable bonds is 5. The third-order valence-corrected chi connectivity index (χ3v) is 5.21. The van der Waals surface area contributed by atoms with E-state index in [1.807, 2.05) is 31.2 Å². The summed E-state index contributed by atoms with van der Waals surface area (Å²) in [5.41, 5.74) is 0.256. The van der Waals surface area contributed by atoms with Crippen LogP contribution in [0.1, 0.15) is 38.7 Å². The highest BCUT2D eigenvalue weighted by Crippen LogP contribution is 2.41. The molecule has 2 aromatic rings. The highest BCUT2D eigenvalue weighted by molar-refractivity contribution is 9.10. The van der Waals surface area contributed by atoms with E-state index >= 15 is 0 Å². The van der Waals surface area contributed by atoms with Crippen LogP contribution in [0.25, 0.3) is 10.8 Å². The Morgan fingerprint density at radius 2 is 2.00 bits per heavy atom. The minimum atomic E-state index is -0.799. The lowest BCUT2D eigenvalue weighted by molar-refractivity contribution is -0.148. The van der Waals surface area contributed by atoms with Crippen LogP contribution in [-0.2, 0) is 4.79 Å². The molecular formula is C18H21BrO3. The van der Waals surface area contributed by atoms with E-state index in [2.05, 4.69) is 22.0 Å². The van der Waals surface area contributed by atoms with Crippen molar-refractivity contribution < 1.29 is 14.6 Å². The zero-order valence-corrected chi connectivity index (χ0v) is 14.9. The maximum Gasteiger partial charge on any atom is 0.309 e. The van der Waals surface area contributed by atoms with E-state index in [4.69, 9.17) is 4.74 Å². The van der Waals surface area contributed by atoms with Crippen LogP contribution < -0.4 is 4.74 Å². The Kier molecular flexibility index (Phi) is 4.81. The van der Waals surface area contributed by atoms with Gasteiger partial charge in [-0.25, -0.2) is 0 Å². The van der Waals surface area contributed by atoms with Crippen LogP contribution in [-0.4, -0.2) is 18.2 Å². The lowest BCUT2D eigenvalue weighted by atomic mass is 9.73. The Balaban J connectivity index is 2.55. The van der Waals surface area contributed by atoms with E-state index in [9.17, 15) is 9.90 Å². The molecule has 0 aliphatic heterocycles. The Morgan fingerprint density at radius 3 is 2.55 bits per heavy atom. The number of methoxy groups -OCH3 is 1. The first-order chi connectivity index (χ1) is 10.3. The summed E-state index contributed by atoms with van der Waals surface area (Å²) in [6.07, 6.45) is 0.780. The van der Waals surface area contributed by atoms with E-state index in [1.54, 1.807) is 21.0 Å². The van der Waals surface area contributed by atoms with Crippen molar-refractivity contribution in [3.8, 4) is 5.75 Å². The van der Waals surface area contributed by atoms with E-state index in [0.717, 1.165) is 33.0 Å². The first kappa shape index (κ1) is 16.8. The summed E-state index contributed by atoms with van der Waals surface area (Å²) in [6, 6.07) is 10.0. The van der Waals surface area contributed by atoms with Crippen LogP contribution >= 0.6 is 15.9 Å². The second kappa shape index (κ2) is 6.29. The Morgan fingerprint density at radius 1 is 1.32 bits per heavy atom. The molecule has 0 saturated carbocycles. The zero-order valence-electron chi connectivity index (χ0n) is 13.3. The molecule has 0 saturated heterocycles. The van der Waals surface area contributed by atoms with Crippen LogP contribution in [0.5, 0.6) is 5.75 Å². The standard InChI is InChI=1S/C18H21BrO3/c1-5-14(18(2,3)17(20)21)12-6-8-13-11(10-12)7-9-15(22-4)16(13)19/h6-10,14H,5H2,1-4H3,(H,20,21). The molecule has 1 N–H and O–H groups in total. The molecule has 1 unspecified atom stereocenters. The Labute approximate surface area is 139 Å². The van der Waals surface area contributed by atoms with Crippen LogP contribution in [0.2, 0.25) is 0 Å². The van der Waals surface area contributed by atoms with Crippen molar-refractivity contribution in [2.24, 2.45) is 5.41 Å². The molecule has 4 heteroatoms. The molecule has 0 heterocycles. The second-order valence-corrected chi connectivity index (χ2v) is 6.84. The Hall–Kier alpha value is -1.55. The summed E-state index contributed by atoms with van der Waals surface area (Å²) in [5, 5.41) is 11.6. The lowest BCUT2D eigenvalue weighted by Gasteiger charge is -2.30. The average molecular weight is 365 g/mol. The van der Waals surface area contributed by atoms with Gasteiger partial charge in [0.05, 0.1) is 17.0 Å². The van der Waals surface area contributed by atoms with Crippen LogP contribution in [0.4, 0.5) is 0 Å². The van der Waals surface area contributed by atoms with Crippen LogP contribution in [0.15, 0.2) is 34.8 Å². The number of benzene rings is 2. The number of fused-ring (bicyclic) bond motifs is 1. The molecular weight excluding hydrogens is 344 g/mol. The summed E-state index contributed by atoms with van der Waals surface area (Å²) in [4.78, 5) is 11.6. The molecule has 2 rings (SSSR count). The van der Waals surface area contributed by atoms with Crippen molar-refractivity contribution in [1.29, 1.82) is 0 Å². The van der Waals surface area contributed by atoms with Crippen molar-refractivity contribution in [2.45, 2.75) is 33.1 Å². The number of aliphatic carboxylic acids is 1. The van der Waals surface area contributed by atoms with Gasteiger partial charge in [-0.3, -0.25) is 4.79 Å². The van der Waals surface area contributed by atoms with Gasteiger partial charge in [-0.15, -0.1) is 0 Å². The van der Waals surface area contributed by atoms with Gasteiger partial charge in [0.25, 0.3) is 0 Å². The smallest absolute Gasteiger partial charge is 0.309 e. The van der Waals surface area contributed by atoms with Crippen molar-refractivity contribution in [3.05, 3.63) is 40.4 Å². The van der Waals surface area contributed by atoms with E-state index in [-0.39, 0.29) is 5.92 Å². The van der Waals surface area contributed by atoms with Crippen LogP contribution in [0, 0.1) is 5.41 Å². The first-order valence-corrected chi connectivity index (χ1v) is 8.11. The molecule has 1 atom stereocenters. The summed E-state index contributed by atoms with van der Waals surface area (Å²) >= 11 is 3.56. The molecule has 2 aromatic carbocycles. The third-order valence-electron chi connectivity index (χ3n) is 4.40. The Bertz CT molecular complexity index is 707. The molecule has 0 fully saturated rings. The summed E-state index contributed by atoms with van der Waals surface area (Å²) in [7, 11) is 1.64. The molecule has 0 spiro atoms.